The third-order valence-electron chi connectivity index (χ3n) is 2.73. The minimum atomic E-state index is -0.463. The molecule has 104 valence electrons. The normalized spacial score (nSPS) is 10.4. The number of halogens is 2. The molecule has 0 bridgehead atoms. The van der Waals surface area contributed by atoms with Gasteiger partial charge in [0.1, 0.15) is 4.47 Å². The van der Waals surface area contributed by atoms with E-state index < -0.39 is 5.97 Å². The van der Waals surface area contributed by atoms with E-state index in [0.717, 1.165) is 5.56 Å². The zero-order valence-electron chi connectivity index (χ0n) is 10.7. The lowest BCUT2D eigenvalue weighted by Gasteiger charge is -2.10. The maximum absolute atomic E-state index is 12.2. The van der Waals surface area contributed by atoms with Gasteiger partial charge in [-0.1, -0.05) is 6.07 Å². The second-order valence-electron chi connectivity index (χ2n) is 4.02. The Kier molecular flexibility index (Phi) is 4.39. The van der Waals surface area contributed by atoms with Crippen LogP contribution in [0.4, 0.5) is 0 Å². The zero-order chi connectivity index (χ0) is 14.9. The molecule has 0 amide bonds. The van der Waals surface area contributed by atoms with Crippen LogP contribution in [0.3, 0.4) is 0 Å². The number of rotatable bonds is 2. The molecular formula is C13H10Br2N2O3. The van der Waals surface area contributed by atoms with E-state index in [1.165, 1.54) is 18.0 Å². The fourth-order valence-electron chi connectivity index (χ4n) is 1.67. The molecule has 0 spiro atoms. The molecule has 0 aliphatic heterocycles. The number of aryl methyl sites for hydroxylation is 1. The first-order valence-corrected chi connectivity index (χ1v) is 7.17. The molecule has 0 saturated heterocycles. The number of carbonyl (C=O) groups excluding carboxylic acids is 1. The van der Waals surface area contributed by atoms with E-state index in [9.17, 15) is 9.59 Å². The summed E-state index contributed by atoms with van der Waals surface area (Å²) in [6, 6.07) is 4.96. The summed E-state index contributed by atoms with van der Waals surface area (Å²) in [7, 11) is 1.31. The van der Waals surface area contributed by atoms with Crippen LogP contribution in [0, 0.1) is 6.92 Å². The van der Waals surface area contributed by atoms with Crippen LogP contribution in [-0.4, -0.2) is 22.9 Å². The average molecular weight is 402 g/mol. The number of esters is 1. The first-order valence-electron chi connectivity index (χ1n) is 5.58. The maximum Gasteiger partial charge on any atom is 0.337 e. The molecule has 0 atom stereocenters. The predicted octanol–water partition coefficient (Wildman–Crippen LogP) is 2.85. The number of hydrogen-bond acceptors (Lipinski definition) is 4. The number of nitrogens with zero attached hydrogens (tertiary/aromatic N) is 2. The molecule has 2 rings (SSSR count). The Labute approximate surface area is 131 Å². The summed E-state index contributed by atoms with van der Waals surface area (Å²) in [6.45, 7) is 1.83. The van der Waals surface area contributed by atoms with E-state index in [1.807, 2.05) is 6.92 Å². The highest BCUT2D eigenvalue weighted by Crippen LogP contribution is 2.20. The molecule has 5 nitrogen and oxygen atoms in total. The molecule has 0 saturated carbocycles. The minimum Gasteiger partial charge on any atom is -0.465 e. The van der Waals surface area contributed by atoms with E-state index >= 15 is 0 Å². The molecule has 1 aromatic heterocycles. The molecular weight excluding hydrogens is 392 g/mol. The summed E-state index contributed by atoms with van der Waals surface area (Å²) in [5.74, 6) is -0.463. The van der Waals surface area contributed by atoms with E-state index in [0.29, 0.717) is 20.2 Å². The number of carbonyl (C=O) groups is 1. The average Bonchev–Trinajstić information content (AvgIpc) is 2.45. The van der Waals surface area contributed by atoms with Gasteiger partial charge in [0.05, 0.1) is 29.0 Å². The summed E-state index contributed by atoms with van der Waals surface area (Å²) in [4.78, 5) is 23.8. The quantitative estimate of drug-likeness (QED) is 0.726. The van der Waals surface area contributed by atoms with Crippen LogP contribution in [-0.2, 0) is 4.74 Å². The molecule has 0 N–H and O–H groups in total. The summed E-state index contributed by atoms with van der Waals surface area (Å²) in [5.41, 5.74) is 1.40. The van der Waals surface area contributed by atoms with E-state index in [4.69, 9.17) is 0 Å². The predicted molar refractivity (Wildman–Crippen MR) is 81.3 cm³/mol. The molecule has 0 radical (unpaired) electrons. The highest BCUT2D eigenvalue weighted by atomic mass is 79.9. The standard InChI is InChI=1S/C13H10Br2N2O3/c1-7-3-4-8(13(19)20-2)5-10(7)17-12(18)11(15)9(14)6-16-17/h3-6H,1-2H3. The number of benzene rings is 1. The highest BCUT2D eigenvalue weighted by molar-refractivity contribution is 9.13. The van der Waals surface area contributed by atoms with Gasteiger partial charge in [-0.2, -0.15) is 9.78 Å². The molecule has 0 aliphatic carbocycles. The fraction of sp³-hybridized carbons (Fsp3) is 0.154. The Balaban J connectivity index is 2.67. The molecule has 20 heavy (non-hydrogen) atoms. The van der Waals surface area contributed by atoms with Gasteiger partial charge in [-0.3, -0.25) is 4.79 Å². The van der Waals surface area contributed by atoms with E-state index in [2.05, 4.69) is 41.7 Å². The van der Waals surface area contributed by atoms with Gasteiger partial charge in [0.2, 0.25) is 0 Å². The number of methoxy groups -OCH3 is 1. The van der Waals surface area contributed by atoms with Crippen LogP contribution in [0.1, 0.15) is 15.9 Å². The summed E-state index contributed by atoms with van der Waals surface area (Å²) in [5, 5.41) is 4.07. The third kappa shape index (κ3) is 2.69. The van der Waals surface area contributed by atoms with Crippen LogP contribution in [0.5, 0.6) is 0 Å². The smallest absolute Gasteiger partial charge is 0.337 e. The fourth-order valence-corrected chi connectivity index (χ4v) is 2.20. The molecule has 1 aromatic carbocycles. The Morgan fingerprint density at radius 1 is 1.35 bits per heavy atom. The van der Waals surface area contributed by atoms with Crippen LogP contribution >= 0.6 is 31.9 Å². The lowest BCUT2D eigenvalue weighted by atomic mass is 10.1. The van der Waals surface area contributed by atoms with Gasteiger partial charge in [-0.25, -0.2) is 4.79 Å². The van der Waals surface area contributed by atoms with Gasteiger partial charge in [0.25, 0.3) is 5.56 Å². The molecule has 1 heterocycles. The van der Waals surface area contributed by atoms with E-state index in [1.54, 1.807) is 18.2 Å². The van der Waals surface area contributed by atoms with Crippen LogP contribution in [0.2, 0.25) is 0 Å². The van der Waals surface area contributed by atoms with Crippen LogP contribution in [0.15, 0.2) is 38.1 Å². The van der Waals surface area contributed by atoms with Gasteiger partial charge < -0.3 is 4.74 Å². The molecule has 0 unspecified atom stereocenters. The first kappa shape index (κ1) is 14.9. The van der Waals surface area contributed by atoms with Gasteiger partial charge >= 0.3 is 5.97 Å². The number of aromatic nitrogens is 2. The Hall–Kier alpha value is -1.47. The van der Waals surface area contributed by atoms with Crippen molar-refractivity contribution in [1.29, 1.82) is 0 Å². The van der Waals surface area contributed by atoms with Crippen molar-refractivity contribution in [2.45, 2.75) is 6.92 Å². The summed E-state index contributed by atoms with van der Waals surface area (Å²) >= 11 is 6.42. The maximum atomic E-state index is 12.2. The molecule has 7 heteroatoms. The number of ether oxygens (including phenoxy) is 1. The zero-order valence-corrected chi connectivity index (χ0v) is 13.9. The van der Waals surface area contributed by atoms with Crippen molar-refractivity contribution in [3.8, 4) is 5.69 Å². The second kappa shape index (κ2) is 5.88. The first-order chi connectivity index (χ1) is 9.45. The monoisotopic (exact) mass is 400 g/mol. The summed E-state index contributed by atoms with van der Waals surface area (Å²) < 4.78 is 6.85. The van der Waals surface area contributed by atoms with Crippen molar-refractivity contribution in [3.63, 3.8) is 0 Å². The Morgan fingerprint density at radius 2 is 2.05 bits per heavy atom. The minimum absolute atomic E-state index is 0.315. The van der Waals surface area contributed by atoms with Gasteiger partial charge in [-0.05, 0) is 56.5 Å². The van der Waals surface area contributed by atoms with Gasteiger partial charge in [0, 0.05) is 0 Å². The van der Waals surface area contributed by atoms with Gasteiger partial charge in [0.15, 0.2) is 0 Å². The largest absolute Gasteiger partial charge is 0.465 e. The SMILES string of the molecule is COC(=O)c1ccc(C)c(-n2ncc(Br)c(Br)c2=O)c1. The van der Waals surface area contributed by atoms with Crippen molar-refractivity contribution < 1.29 is 9.53 Å². The van der Waals surface area contributed by atoms with Crippen molar-refractivity contribution in [3.05, 3.63) is 54.8 Å². The van der Waals surface area contributed by atoms with Crippen LogP contribution < -0.4 is 5.56 Å². The van der Waals surface area contributed by atoms with Crippen molar-refractivity contribution >= 4 is 37.8 Å². The second-order valence-corrected chi connectivity index (χ2v) is 5.66. The third-order valence-corrected chi connectivity index (χ3v) is 4.63. The van der Waals surface area contributed by atoms with Crippen molar-refractivity contribution in [2.24, 2.45) is 0 Å². The topological polar surface area (TPSA) is 61.2 Å². The summed E-state index contributed by atoms with van der Waals surface area (Å²) in [6.07, 6.45) is 1.51. The molecule has 0 aliphatic rings. The van der Waals surface area contributed by atoms with E-state index in [-0.39, 0.29) is 5.56 Å². The Morgan fingerprint density at radius 3 is 2.70 bits per heavy atom. The number of hydrogen-bond donors (Lipinski definition) is 0. The van der Waals surface area contributed by atoms with Crippen LogP contribution in [0.25, 0.3) is 5.69 Å². The molecule has 0 fully saturated rings. The highest BCUT2D eigenvalue weighted by Gasteiger charge is 2.13. The lowest BCUT2D eigenvalue weighted by molar-refractivity contribution is 0.0600. The lowest BCUT2D eigenvalue weighted by Crippen LogP contribution is -2.23. The van der Waals surface area contributed by atoms with Crippen molar-refractivity contribution in [2.75, 3.05) is 7.11 Å². The molecule has 2 aromatic rings. The van der Waals surface area contributed by atoms with Crippen molar-refractivity contribution in [1.82, 2.24) is 9.78 Å². The van der Waals surface area contributed by atoms with Gasteiger partial charge in [-0.15, -0.1) is 0 Å². The Bertz CT molecular complexity index is 741.